The zero-order valence-electron chi connectivity index (χ0n) is 5.84. The summed E-state index contributed by atoms with van der Waals surface area (Å²) >= 11 is 2.31. The summed E-state index contributed by atoms with van der Waals surface area (Å²) in [7, 11) is 0. The zero-order chi connectivity index (χ0) is 7.68. The highest BCUT2D eigenvalue weighted by Crippen LogP contribution is 2.22. The summed E-state index contributed by atoms with van der Waals surface area (Å²) in [4.78, 5) is 4.21. The van der Waals surface area contributed by atoms with Crippen LogP contribution in [0.15, 0.2) is 18.3 Å². The fourth-order valence-electron chi connectivity index (χ4n) is 1.08. The molecule has 3 heteroatoms. The molecular weight excluding hydrogens is 251 g/mol. The molecule has 0 aliphatic carbocycles. The maximum absolute atomic E-state index is 4.21. The van der Waals surface area contributed by atoms with Gasteiger partial charge in [0.1, 0.15) is 5.82 Å². The second kappa shape index (κ2) is 2.81. The number of halogens is 1. The predicted octanol–water partition coefficient (Wildman–Crippen LogP) is 2.12. The Morgan fingerprint density at radius 2 is 2.45 bits per heavy atom. The highest BCUT2D eigenvalue weighted by Gasteiger charge is 2.06. The number of hydrogen-bond acceptors (Lipinski definition) is 2. The van der Waals surface area contributed by atoms with Crippen molar-refractivity contribution in [2.75, 3.05) is 11.9 Å². The summed E-state index contributed by atoms with van der Waals surface area (Å²) in [5, 5.41) is 3.20. The Kier molecular flexibility index (Phi) is 1.81. The van der Waals surface area contributed by atoms with Gasteiger partial charge in [0.2, 0.25) is 0 Å². The van der Waals surface area contributed by atoms with Crippen molar-refractivity contribution in [1.29, 1.82) is 0 Å². The van der Waals surface area contributed by atoms with Crippen LogP contribution in [0.25, 0.3) is 6.08 Å². The molecule has 2 heterocycles. The van der Waals surface area contributed by atoms with Gasteiger partial charge in [0.25, 0.3) is 0 Å². The first-order valence-corrected chi connectivity index (χ1v) is 4.51. The van der Waals surface area contributed by atoms with E-state index in [0.717, 1.165) is 12.4 Å². The van der Waals surface area contributed by atoms with Crippen molar-refractivity contribution in [2.24, 2.45) is 0 Å². The molecule has 1 aliphatic rings. The van der Waals surface area contributed by atoms with E-state index < -0.39 is 0 Å². The first-order chi connectivity index (χ1) is 5.38. The van der Waals surface area contributed by atoms with E-state index in [1.54, 1.807) is 0 Å². The third kappa shape index (κ3) is 1.24. The van der Waals surface area contributed by atoms with E-state index in [4.69, 9.17) is 0 Å². The molecule has 0 aromatic carbocycles. The summed E-state index contributed by atoms with van der Waals surface area (Å²) in [6, 6.07) is 2.01. The molecular formula is C8H7IN2. The Balaban J connectivity index is 2.60. The lowest BCUT2D eigenvalue weighted by Crippen LogP contribution is -2.07. The van der Waals surface area contributed by atoms with E-state index in [1.165, 1.54) is 9.13 Å². The molecule has 0 saturated carbocycles. The van der Waals surface area contributed by atoms with Crippen LogP contribution < -0.4 is 5.32 Å². The van der Waals surface area contributed by atoms with Gasteiger partial charge in [0.05, 0.1) is 0 Å². The van der Waals surface area contributed by atoms with Crippen molar-refractivity contribution in [1.82, 2.24) is 4.98 Å². The number of pyridine rings is 1. The van der Waals surface area contributed by atoms with Crippen molar-refractivity contribution < 1.29 is 0 Å². The normalized spacial score (nSPS) is 13.9. The topological polar surface area (TPSA) is 24.9 Å². The number of rotatable bonds is 0. The number of aromatic nitrogens is 1. The first kappa shape index (κ1) is 7.09. The Hall–Kier alpha value is -0.580. The van der Waals surface area contributed by atoms with Gasteiger partial charge in [0, 0.05) is 21.9 Å². The summed E-state index contributed by atoms with van der Waals surface area (Å²) in [5.41, 5.74) is 1.21. The van der Waals surface area contributed by atoms with Gasteiger partial charge in [-0.2, -0.15) is 0 Å². The van der Waals surface area contributed by atoms with Crippen LogP contribution in [0.3, 0.4) is 0 Å². The Bertz CT molecular complexity index is 307. The molecule has 0 unspecified atom stereocenters. The summed E-state index contributed by atoms with van der Waals surface area (Å²) in [6.07, 6.45) is 6.04. The largest absolute Gasteiger partial charge is 0.366 e. The fourth-order valence-corrected chi connectivity index (χ4v) is 1.68. The molecule has 0 fully saturated rings. The van der Waals surface area contributed by atoms with E-state index >= 15 is 0 Å². The van der Waals surface area contributed by atoms with Crippen LogP contribution in [0.4, 0.5) is 5.82 Å². The van der Waals surface area contributed by atoms with E-state index in [1.807, 2.05) is 12.3 Å². The quantitative estimate of drug-likeness (QED) is 0.721. The lowest BCUT2D eigenvalue weighted by Gasteiger charge is -2.11. The number of nitrogens with one attached hydrogen (secondary N) is 1. The Morgan fingerprint density at radius 3 is 3.27 bits per heavy atom. The van der Waals surface area contributed by atoms with Crippen molar-refractivity contribution in [2.45, 2.75) is 0 Å². The molecule has 0 spiro atoms. The smallest absolute Gasteiger partial charge is 0.134 e. The Morgan fingerprint density at radius 1 is 1.55 bits per heavy atom. The lowest BCUT2D eigenvalue weighted by atomic mass is 10.2. The minimum absolute atomic E-state index is 0.889. The van der Waals surface area contributed by atoms with E-state index in [-0.39, 0.29) is 0 Å². The highest BCUT2D eigenvalue weighted by molar-refractivity contribution is 14.1. The lowest BCUT2D eigenvalue weighted by molar-refractivity contribution is 1.20. The number of nitrogens with zero attached hydrogens (tertiary/aromatic N) is 1. The van der Waals surface area contributed by atoms with Crippen LogP contribution >= 0.6 is 22.6 Å². The van der Waals surface area contributed by atoms with Crippen LogP contribution in [-0.4, -0.2) is 11.5 Å². The van der Waals surface area contributed by atoms with Gasteiger partial charge in [0.15, 0.2) is 0 Å². The Labute approximate surface area is 78.9 Å². The van der Waals surface area contributed by atoms with Gasteiger partial charge in [-0.3, -0.25) is 0 Å². The minimum atomic E-state index is 0.889. The monoisotopic (exact) mass is 258 g/mol. The molecule has 1 aromatic heterocycles. The van der Waals surface area contributed by atoms with Gasteiger partial charge in [-0.25, -0.2) is 4.98 Å². The third-order valence-corrected chi connectivity index (χ3v) is 2.55. The van der Waals surface area contributed by atoms with Crippen LogP contribution in [-0.2, 0) is 0 Å². The van der Waals surface area contributed by atoms with Crippen molar-refractivity contribution >= 4 is 34.5 Å². The molecule has 2 rings (SSSR count). The fraction of sp³-hybridized carbons (Fsp3) is 0.125. The molecule has 56 valence electrons. The second-order valence-corrected chi connectivity index (χ2v) is 3.50. The number of anilines is 1. The molecule has 0 atom stereocenters. The van der Waals surface area contributed by atoms with Crippen LogP contribution in [0.5, 0.6) is 0 Å². The summed E-state index contributed by atoms with van der Waals surface area (Å²) < 4.78 is 1.25. The van der Waals surface area contributed by atoms with Crippen molar-refractivity contribution in [3.8, 4) is 0 Å². The molecule has 1 aliphatic heterocycles. The number of hydrogen-bond donors (Lipinski definition) is 1. The average molecular weight is 258 g/mol. The van der Waals surface area contributed by atoms with Gasteiger partial charge in [-0.1, -0.05) is 12.2 Å². The maximum atomic E-state index is 4.21. The van der Waals surface area contributed by atoms with Gasteiger partial charge in [-0.05, 0) is 28.7 Å². The second-order valence-electron chi connectivity index (χ2n) is 2.34. The first-order valence-electron chi connectivity index (χ1n) is 3.43. The van der Waals surface area contributed by atoms with E-state index in [2.05, 4.69) is 45.0 Å². The predicted molar refractivity (Wildman–Crippen MR) is 54.5 cm³/mol. The molecule has 1 aromatic rings. The maximum Gasteiger partial charge on any atom is 0.134 e. The van der Waals surface area contributed by atoms with E-state index in [9.17, 15) is 0 Å². The van der Waals surface area contributed by atoms with Gasteiger partial charge < -0.3 is 5.32 Å². The van der Waals surface area contributed by atoms with Gasteiger partial charge in [-0.15, -0.1) is 0 Å². The summed E-state index contributed by atoms with van der Waals surface area (Å²) in [5.74, 6) is 0.999. The zero-order valence-corrected chi connectivity index (χ0v) is 8.00. The SMILES string of the molecule is Ic1ccnc2c1C=CCN2. The molecule has 0 radical (unpaired) electrons. The molecule has 2 nitrogen and oxygen atoms in total. The van der Waals surface area contributed by atoms with Crippen LogP contribution in [0.1, 0.15) is 5.56 Å². The van der Waals surface area contributed by atoms with Crippen LogP contribution in [0, 0.1) is 3.57 Å². The number of fused-ring (bicyclic) bond motifs is 1. The molecule has 0 bridgehead atoms. The average Bonchev–Trinajstić information content (AvgIpc) is 2.06. The molecule has 0 amide bonds. The molecule has 1 N–H and O–H groups in total. The highest BCUT2D eigenvalue weighted by atomic mass is 127. The van der Waals surface area contributed by atoms with E-state index in [0.29, 0.717) is 0 Å². The summed E-state index contributed by atoms with van der Waals surface area (Å²) in [6.45, 7) is 0.889. The van der Waals surface area contributed by atoms with Crippen molar-refractivity contribution in [3.63, 3.8) is 0 Å². The molecule has 0 saturated heterocycles. The standard InChI is InChI=1S/C8H7IN2/c9-7-3-5-11-8-6(7)2-1-4-10-8/h1-3,5H,4H2,(H,10,11). The third-order valence-electron chi connectivity index (χ3n) is 1.61. The minimum Gasteiger partial charge on any atom is -0.366 e. The van der Waals surface area contributed by atoms with Crippen molar-refractivity contribution in [3.05, 3.63) is 27.5 Å². The molecule has 11 heavy (non-hydrogen) atoms. The van der Waals surface area contributed by atoms with Crippen LogP contribution in [0.2, 0.25) is 0 Å². The van der Waals surface area contributed by atoms with Gasteiger partial charge >= 0.3 is 0 Å².